The summed E-state index contributed by atoms with van der Waals surface area (Å²) in [4.78, 5) is 10.0. The molecular weight excluding hydrogens is 130 g/mol. The van der Waals surface area contributed by atoms with Crippen LogP contribution in [0, 0.1) is 0 Å². The molecule has 0 bridgehead atoms. The quantitative estimate of drug-likeness (QED) is 0.616. The summed E-state index contributed by atoms with van der Waals surface area (Å²) >= 11 is 0. The third-order valence-electron chi connectivity index (χ3n) is 1.03. The van der Waals surface area contributed by atoms with Gasteiger partial charge in [-0.05, 0) is 13.3 Å². The summed E-state index contributed by atoms with van der Waals surface area (Å²) in [6.45, 7) is 3.86. The molecule has 0 aliphatic carbocycles. The van der Waals surface area contributed by atoms with Crippen molar-refractivity contribution in [3.8, 4) is 0 Å². The van der Waals surface area contributed by atoms with E-state index in [1.807, 2.05) is 19.9 Å². The molecule has 0 radical (unpaired) electrons. The van der Waals surface area contributed by atoms with Crippen LogP contribution in [0.3, 0.4) is 0 Å². The van der Waals surface area contributed by atoms with E-state index in [-0.39, 0.29) is 6.54 Å². The molecule has 0 atom stereocenters. The van der Waals surface area contributed by atoms with Crippen LogP contribution in [0.1, 0.15) is 20.3 Å². The summed E-state index contributed by atoms with van der Waals surface area (Å²) in [6.07, 6.45) is 2.88. The Morgan fingerprint density at radius 3 is 2.70 bits per heavy atom. The second-order valence-electron chi connectivity index (χ2n) is 2.04. The summed E-state index contributed by atoms with van der Waals surface area (Å²) in [5.41, 5.74) is 0.921. The molecule has 0 aromatic rings. The molecule has 58 valence electrons. The van der Waals surface area contributed by atoms with Gasteiger partial charge in [-0.25, -0.2) is 0 Å². The first kappa shape index (κ1) is 9.01. The average Bonchev–Trinajstić information content (AvgIpc) is 1.85. The fourth-order valence-electron chi connectivity index (χ4n) is 0.593. The van der Waals surface area contributed by atoms with Crippen LogP contribution < -0.4 is 5.32 Å². The van der Waals surface area contributed by atoms with Gasteiger partial charge in [0.2, 0.25) is 0 Å². The van der Waals surface area contributed by atoms with Crippen molar-refractivity contribution in [2.45, 2.75) is 20.3 Å². The maximum absolute atomic E-state index is 10.0. The molecule has 0 heterocycles. The van der Waals surface area contributed by atoms with Crippen molar-refractivity contribution in [1.29, 1.82) is 0 Å². The van der Waals surface area contributed by atoms with Crippen molar-refractivity contribution in [3.05, 3.63) is 11.8 Å². The van der Waals surface area contributed by atoms with Crippen LogP contribution in [-0.2, 0) is 4.79 Å². The molecule has 0 aromatic heterocycles. The van der Waals surface area contributed by atoms with Crippen molar-refractivity contribution in [1.82, 2.24) is 5.32 Å². The number of hydrogen-bond donors (Lipinski definition) is 2. The lowest BCUT2D eigenvalue weighted by molar-refractivity contribution is -0.135. The molecule has 3 nitrogen and oxygen atoms in total. The van der Waals surface area contributed by atoms with Gasteiger partial charge < -0.3 is 10.4 Å². The summed E-state index contributed by atoms with van der Waals surface area (Å²) in [5, 5.41) is 11.0. The predicted octanol–water partition coefficient (Wildman–Crippen LogP) is 0.974. The number of carbonyl (C=O) groups is 1. The van der Waals surface area contributed by atoms with Gasteiger partial charge in [-0.15, -0.1) is 0 Å². The lowest BCUT2D eigenvalue weighted by Crippen LogP contribution is -2.20. The monoisotopic (exact) mass is 143 g/mol. The van der Waals surface area contributed by atoms with Gasteiger partial charge in [0.15, 0.2) is 0 Å². The molecule has 0 spiro atoms. The van der Waals surface area contributed by atoms with Crippen molar-refractivity contribution >= 4 is 5.97 Å². The van der Waals surface area contributed by atoms with E-state index in [1.165, 1.54) is 0 Å². The minimum atomic E-state index is -0.830. The Hall–Kier alpha value is -0.990. The minimum absolute atomic E-state index is 0.00231. The number of aliphatic carboxylic acids is 1. The molecule has 0 unspecified atom stereocenters. The fraction of sp³-hybridized carbons (Fsp3) is 0.571. The van der Waals surface area contributed by atoms with Crippen LogP contribution in [0.5, 0.6) is 0 Å². The number of carboxylic acid groups (broad SMARTS) is 1. The van der Waals surface area contributed by atoms with Crippen molar-refractivity contribution in [2.75, 3.05) is 6.54 Å². The third-order valence-corrected chi connectivity index (χ3v) is 1.03. The van der Waals surface area contributed by atoms with Crippen LogP contribution in [0.15, 0.2) is 11.8 Å². The van der Waals surface area contributed by atoms with E-state index in [1.54, 1.807) is 0 Å². The number of allylic oxidation sites excluding steroid dienone is 2. The van der Waals surface area contributed by atoms with E-state index >= 15 is 0 Å². The van der Waals surface area contributed by atoms with Gasteiger partial charge in [0, 0.05) is 5.70 Å². The Morgan fingerprint density at radius 1 is 1.70 bits per heavy atom. The highest BCUT2D eigenvalue weighted by Gasteiger charge is 1.93. The number of nitrogens with one attached hydrogen (secondary N) is 1. The largest absolute Gasteiger partial charge is 0.480 e. The van der Waals surface area contributed by atoms with E-state index in [2.05, 4.69) is 5.32 Å². The SMILES string of the molecule is CC/C=C(\C)NCC(=O)O. The Morgan fingerprint density at radius 2 is 2.30 bits per heavy atom. The first-order chi connectivity index (χ1) is 4.66. The molecule has 0 saturated heterocycles. The Balaban J connectivity index is 3.48. The molecule has 0 fully saturated rings. The second-order valence-corrected chi connectivity index (χ2v) is 2.04. The van der Waals surface area contributed by atoms with E-state index in [4.69, 9.17) is 5.11 Å². The molecule has 3 heteroatoms. The first-order valence-corrected chi connectivity index (χ1v) is 3.29. The Bertz CT molecular complexity index is 141. The van der Waals surface area contributed by atoms with Gasteiger partial charge in [-0.1, -0.05) is 13.0 Å². The lowest BCUT2D eigenvalue weighted by Gasteiger charge is -2.00. The molecule has 0 saturated carbocycles. The number of rotatable bonds is 4. The van der Waals surface area contributed by atoms with Crippen LogP contribution in [0.4, 0.5) is 0 Å². The third kappa shape index (κ3) is 5.15. The molecule has 0 aliphatic rings. The van der Waals surface area contributed by atoms with Crippen molar-refractivity contribution < 1.29 is 9.90 Å². The van der Waals surface area contributed by atoms with Gasteiger partial charge in [0.05, 0.1) is 0 Å². The topological polar surface area (TPSA) is 49.3 Å². The van der Waals surface area contributed by atoms with Gasteiger partial charge in [-0.3, -0.25) is 4.79 Å². The summed E-state index contributed by atoms with van der Waals surface area (Å²) < 4.78 is 0. The van der Waals surface area contributed by atoms with E-state index < -0.39 is 5.97 Å². The fourth-order valence-corrected chi connectivity index (χ4v) is 0.593. The maximum Gasteiger partial charge on any atom is 0.322 e. The molecule has 2 N–H and O–H groups in total. The van der Waals surface area contributed by atoms with Crippen LogP contribution in [0.2, 0.25) is 0 Å². The van der Waals surface area contributed by atoms with Gasteiger partial charge in [0.1, 0.15) is 6.54 Å². The minimum Gasteiger partial charge on any atom is -0.480 e. The van der Waals surface area contributed by atoms with Gasteiger partial charge in [0.25, 0.3) is 0 Å². The predicted molar refractivity (Wildman–Crippen MR) is 39.7 cm³/mol. The van der Waals surface area contributed by atoms with Crippen LogP contribution in [0.25, 0.3) is 0 Å². The zero-order valence-corrected chi connectivity index (χ0v) is 6.35. The van der Waals surface area contributed by atoms with Crippen molar-refractivity contribution in [3.63, 3.8) is 0 Å². The Kier molecular flexibility index (Phi) is 4.37. The Labute approximate surface area is 60.7 Å². The lowest BCUT2D eigenvalue weighted by atomic mass is 10.3. The molecule has 0 aromatic carbocycles. The zero-order chi connectivity index (χ0) is 7.98. The normalized spacial score (nSPS) is 11.2. The number of hydrogen-bond acceptors (Lipinski definition) is 2. The standard InChI is InChI=1S/C7H13NO2/c1-3-4-6(2)8-5-7(9)10/h4,8H,3,5H2,1-2H3,(H,9,10)/b6-4+. The molecule has 0 aliphatic heterocycles. The highest BCUT2D eigenvalue weighted by molar-refractivity contribution is 5.69. The van der Waals surface area contributed by atoms with E-state index in [0.717, 1.165) is 12.1 Å². The van der Waals surface area contributed by atoms with Crippen LogP contribution >= 0.6 is 0 Å². The van der Waals surface area contributed by atoms with Gasteiger partial charge >= 0.3 is 5.97 Å². The summed E-state index contributed by atoms with van der Waals surface area (Å²) in [7, 11) is 0. The summed E-state index contributed by atoms with van der Waals surface area (Å²) in [5.74, 6) is -0.830. The maximum atomic E-state index is 10.0. The highest BCUT2D eigenvalue weighted by atomic mass is 16.4. The van der Waals surface area contributed by atoms with Gasteiger partial charge in [-0.2, -0.15) is 0 Å². The van der Waals surface area contributed by atoms with Crippen LogP contribution in [-0.4, -0.2) is 17.6 Å². The molecule has 0 rings (SSSR count). The zero-order valence-electron chi connectivity index (χ0n) is 6.35. The summed E-state index contributed by atoms with van der Waals surface area (Å²) in [6, 6.07) is 0. The molecular formula is C7H13NO2. The molecule has 10 heavy (non-hydrogen) atoms. The second kappa shape index (κ2) is 4.85. The smallest absolute Gasteiger partial charge is 0.322 e. The van der Waals surface area contributed by atoms with Crippen molar-refractivity contribution in [2.24, 2.45) is 0 Å². The molecule has 0 amide bonds. The number of carboxylic acids is 1. The first-order valence-electron chi connectivity index (χ1n) is 3.29. The van der Waals surface area contributed by atoms with E-state index in [0.29, 0.717) is 0 Å². The average molecular weight is 143 g/mol. The highest BCUT2D eigenvalue weighted by Crippen LogP contribution is 1.87. The van der Waals surface area contributed by atoms with E-state index in [9.17, 15) is 4.79 Å².